The van der Waals surface area contributed by atoms with Crippen molar-refractivity contribution in [3.63, 3.8) is 0 Å². The number of carbonyl (C=O) groups is 1. The molecule has 5 heteroatoms. The minimum Gasteiger partial charge on any atom is -0.462 e. The van der Waals surface area contributed by atoms with Crippen molar-refractivity contribution < 1.29 is 18.7 Å². The Morgan fingerprint density at radius 3 is 2.89 bits per heavy atom. The largest absolute Gasteiger partial charge is 0.462 e. The third kappa shape index (κ3) is 3.28. The second-order valence-electron chi connectivity index (χ2n) is 3.64. The van der Waals surface area contributed by atoms with Gasteiger partial charge in [0.05, 0.1) is 6.61 Å². The van der Waals surface area contributed by atoms with E-state index in [-0.39, 0.29) is 23.8 Å². The summed E-state index contributed by atoms with van der Waals surface area (Å²) < 4.78 is 23.4. The summed E-state index contributed by atoms with van der Waals surface area (Å²) in [6.07, 6.45) is 1.48. The van der Waals surface area contributed by atoms with Crippen LogP contribution in [0.5, 0.6) is 11.6 Å². The van der Waals surface area contributed by atoms with Gasteiger partial charge in [-0.05, 0) is 31.2 Å². The summed E-state index contributed by atoms with van der Waals surface area (Å²) in [4.78, 5) is 15.7. The zero-order valence-corrected chi connectivity index (χ0v) is 10.3. The van der Waals surface area contributed by atoms with Crippen LogP contribution in [0.1, 0.15) is 17.3 Å². The highest BCUT2D eigenvalue weighted by Crippen LogP contribution is 2.23. The maximum absolute atomic E-state index is 13.1. The van der Waals surface area contributed by atoms with Gasteiger partial charge in [-0.3, -0.25) is 0 Å². The van der Waals surface area contributed by atoms with Gasteiger partial charge in [0.25, 0.3) is 0 Å². The van der Waals surface area contributed by atoms with Gasteiger partial charge >= 0.3 is 5.97 Å². The summed E-state index contributed by atoms with van der Waals surface area (Å²) in [6, 6.07) is 8.75. The van der Waals surface area contributed by atoms with Crippen molar-refractivity contribution >= 4 is 5.97 Å². The Hall–Kier alpha value is -2.43. The third-order valence-electron chi connectivity index (χ3n) is 2.28. The van der Waals surface area contributed by atoms with Crippen LogP contribution >= 0.6 is 0 Å². The molecule has 0 bridgehead atoms. The fourth-order valence-electron chi connectivity index (χ4n) is 1.48. The average molecular weight is 261 g/mol. The van der Waals surface area contributed by atoms with Crippen LogP contribution in [-0.2, 0) is 4.74 Å². The predicted molar refractivity (Wildman–Crippen MR) is 66.7 cm³/mol. The van der Waals surface area contributed by atoms with Gasteiger partial charge in [0, 0.05) is 12.3 Å². The van der Waals surface area contributed by atoms with Crippen LogP contribution in [0.15, 0.2) is 42.6 Å². The number of benzene rings is 1. The summed E-state index contributed by atoms with van der Waals surface area (Å²) in [5.74, 6) is -0.594. The smallest absolute Gasteiger partial charge is 0.343 e. The molecular formula is C14H12FNO3. The van der Waals surface area contributed by atoms with Gasteiger partial charge in [-0.2, -0.15) is 0 Å². The standard InChI is InChI=1S/C14H12FNO3/c1-2-18-14(17)12-7-4-8-16-13(12)19-11-6-3-5-10(15)9-11/h3-9H,2H2,1H3. The minimum atomic E-state index is -0.526. The third-order valence-corrected chi connectivity index (χ3v) is 2.28. The van der Waals surface area contributed by atoms with E-state index < -0.39 is 11.8 Å². The van der Waals surface area contributed by atoms with Crippen molar-refractivity contribution in [1.82, 2.24) is 4.98 Å². The number of pyridine rings is 1. The monoisotopic (exact) mass is 261 g/mol. The van der Waals surface area contributed by atoms with Crippen LogP contribution in [0.4, 0.5) is 4.39 Å². The van der Waals surface area contributed by atoms with E-state index in [9.17, 15) is 9.18 Å². The van der Waals surface area contributed by atoms with Crippen molar-refractivity contribution in [2.45, 2.75) is 6.92 Å². The molecule has 0 aliphatic rings. The maximum Gasteiger partial charge on any atom is 0.343 e. The van der Waals surface area contributed by atoms with E-state index in [2.05, 4.69) is 4.98 Å². The fraction of sp³-hybridized carbons (Fsp3) is 0.143. The molecule has 1 aromatic heterocycles. The number of aromatic nitrogens is 1. The molecule has 1 aromatic carbocycles. The summed E-state index contributed by atoms with van der Waals surface area (Å²) in [5.41, 5.74) is 0.202. The Morgan fingerprint density at radius 2 is 2.16 bits per heavy atom. The molecule has 2 rings (SSSR count). The molecule has 98 valence electrons. The Bertz CT molecular complexity index is 586. The number of carbonyl (C=O) groups excluding carboxylic acids is 1. The summed E-state index contributed by atoms with van der Waals surface area (Å²) in [6.45, 7) is 1.97. The highest BCUT2D eigenvalue weighted by Gasteiger charge is 2.15. The van der Waals surface area contributed by atoms with E-state index in [1.165, 1.54) is 24.4 Å². The number of rotatable bonds is 4. The Balaban J connectivity index is 2.27. The zero-order valence-electron chi connectivity index (χ0n) is 10.3. The maximum atomic E-state index is 13.1. The normalized spacial score (nSPS) is 10.0. The Kier molecular flexibility index (Phi) is 4.07. The molecule has 0 unspecified atom stereocenters. The second kappa shape index (κ2) is 5.95. The summed E-state index contributed by atoms with van der Waals surface area (Å²) >= 11 is 0. The van der Waals surface area contributed by atoms with Crippen LogP contribution in [0, 0.1) is 5.82 Å². The first-order chi connectivity index (χ1) is 9.20. The lowest BCUT2D eigenvalue weighted by Crippen LogP contribution is -2.07. The van der Waals surface area contributed by atoms with Crippen molar-refractivity contribution in [2.75, 3.05) is 6.61 Å². The van der Waals surface area contributed by atoms with Gasteiger partial charge in [-0.15, -0.1) is 0 Å². The average Bonchev–Trinajstić information content (AvgIpc) is 2.39. The lowest BCUT2D eigenvalue weighted by atomic mass is 10.2. The molecule has 2 aromatic rings. The van der Waals surface area contributed by atoms with Crippen molar-refractivity contribution in [1.29, 1.82) is 0 Å². The first-order valence-electron chi connectivity index (χ1n) is 5.76. The molecule has 0 saturated carbocycles. The quantitative estimate of drug-likeness (QED) is 0.793. The number of nitrogens with zero attached hydrogens (tertiary/aromatic N) is 1. The van der Waals surface area contributed by atoms with E-state index in [1.807, 2.05) is 0 Å². The summed E-state index contributed by atoms with van der Waals surface area (Å²) in [5, 5.41) is 0. The fourth-order valence-corrected chi connectivity index (χ4v) is 1.48. The number of ether oxygens (including phenoxy) is 2. The first kappa shape index (κ1) is 13.0. The molecule has 0 amide bonds. The van der Waals surface area contributed by atoms with E-state index >= 15 is 0 Å². The number of esters is 1. The molecule has 0 aliphatic carbocycles. The molecule has 0 aliphatic heterocycles. The lowest BCUT2D eigenvalue weighted by molar-refractivity contribution is 0.0522. The summed E-state index contributed by atoms with van der Waals surface area (Å²) in [7, 11) is 0. The molecule has 0 N–H and O–H groups in total. The van der Waals surface area contributed by atoms with Crippen molar-refractivity contribution in [3.05, 3.63) is 54.0 Å². The van der Waals surface area contributed by atoms with Crippen LogP contribution in [0.2, 0.25) is 0 Å². The number of hydrogen-bond donors (Lipinski definition) is 0. The zero-order chi connectivity index (χ0) is 13.7. The molecule has 0 fully saturated rings. The lowest BCUT2D eigenvalue weighted by Gasteiger charge is -2.08. The van der Waals surface area contributed by atoms with Gasteiger partial charge in [0.15, 0.2) is 0 Å². The van der Waals surface area contributed by atoms with Gasteiger partial charge in [0.1, 0.15) is 17.1 Å². The highest BCUT2D eigenvalue weighted by molar-refractivity contribution is 5.91. The molecule has 19 heavy (non-hydrogen) atoms. The van der Waals surface area contributed by atoms with Crippen LogP contribution in [0.3, 0.4) is 0 Å². The SMILES string of the molecule is CCOC(=O)c1cccnc1Oc1cccc(F)c1. The second-order valence-corrected chi connectivity index (χ2v) is 3.64. The van der Waals surface area contributed by atoms with Crippen LogP contribution < -0.4 is 4.74 Å². The Labute approximate surface area is 109 Å². The van der Waals surface area contributed by atoms with Crippen LogP contribution in [0.25, 0.3) is 0 Å². The van der Waals surface area contributed by atoms with Gasteiger partial charge in [0.2, 0.25) is 5.88 Å². The molecule has 0 saturated heterocycles. The van der Waals surface area contributed by atoms with E-state index in [0.29, 0.717) is 0 Å². The van der Waals surface area contributed by atoms with E-state index in [4.69, 9.17) is 9.47 Å². The number of hydrogen-bond acceptors (Lipinski definition) is 4. The van der Waals surface area contributed by atoms with Gasteiger partial charge in [-0.25, -0.2) is 14.2 Å². The van der Waals surface area contributed by atoms with Crippen molar-refractivity contribution in [3.8, 4) is 11.6 Å². The molecule has 0 atom stereocenters. The van der Waals surface area contributed by atoms with E-state index in [1.54, 1.807) is 25.1 Å². The first-order valence-corrected chi connectivity index (χ1v) is 5.76. The highest BCUT2D eigenvalue weighted by atomic mass is 19.1. The van der Waals surface area contributed by atoms with Gasteiger partial charge in [-0.1, -0.05) is 6.07 Å². The molecule has 1 heterocycles. The van der Waals surface area contributed by atoms with Crippen molar-refractivity contribution in [2.24, 2.45) is 0 Å². The number of halogens is 1. The molecule has 0 radical (unpaired) electrons. The molecular weight excluding hydrogens is 249 g/mol. The molecule has 0 spiro atoms. The van der Waals surface area contributed by atoms with Crippen LogP contribution in [-0.4, -0.2) is 17.6 Å². The van der Waals surface area contributed by atoms with E-state index in [0.717, 1.165) is 0 Å². The molecule has 4 nitrogen and oxygen atoms in total. The Morgan fingerprint density at radius 1 is 1.32 bits per heavy atom. The minimum absolute atomic E-state index is 0.0894. The van der Waals surface area contributed by atoms with Gasteiger partial charge < -0.3 is 9.47 Å². The topological polar surface area (TPSA) is 48.4 Å². The predicted octanol–water partition coefficient (Wildman–Crippen LogP) is 3.19.